The Labute approximate surface area is 159 Å². The molecule has 0 saturated heterocycles. The molecule has 0 fully saturated rings. The Kier molecular flexibility index (Phi) is 5.48. The molecule has 2 aromatic rings. The van der Waals surface area contributed by atoms with Gasteiger partial charge in [-0.3, -0.25) is 9.59 Å². The number of hydrogen-bond acceptors (Lipinski definition) is 4. The Morgan fingerprint density at radius 1 is 1.11 bits per heavy atom. The minimum absolute atomic E-state index is 0.0194. The molecule has 7 heteroatoms. The second-order valence-electron chi connectivity index (χ2n) is 7.36. The van der Waals surface area contributed by atoms with Gasteiger partial charge in [-0.05, 0) is 57.4 Å². The maximum atomic E-state index is 12.8. The highest BCUT2D eigenvalue weighted by molar-refractivity contribution is 6.03. The van der Waals surface area contributed by atoms with Gasteiger partial charge in [0.1, 0.15) is 5.69 Å². The monoisotopic (exact) mass is 369 g/mol. The van der Waals surface area contributed by atoms with Crippen molar-refractivity contribution in [2.45, 2.75) is 45.7 Å². The molecule has 3 rings (SSSR count). The van der Waals surface area contributed by atoms with Crippen LogP contribution < -0.4 is 15.5 Å². The highest BCUT2D eigenvalue weighted by atomic mass is 16.2. The second-order valence-corrected chi connectivity index (χ2v) is 7.36. The van der Waals surface area contributed by atoms with Crippen molar-refractivity contribution >= 4 is 23.2 Å². The molecule has 0 spiro atoms. The van der Waals surface area contributed by atoms with E-state index in [4.69, 9.17) is 0 Å². The van der Waals surface area contributed by atoms with Crippen molar-refractivity contribution in [3.05, 3.63) is 41.5 Å². The zero-order valence-corrected chi connectivity index (χ0v) is 16.4. The molecule has 7 nitrogen and oxygen atoms in total. The van der Waals surface area contributed by atoms with E-state index in [1.807, 2.05) is 61.7 Å². The van der Waals surface area contributed by atoms with Crippen LogP contribution in [0.1, 0.15) is 53.5 Å². The van der Waals surface area contributed by atoms with E-state index in [0.29, 0.717) is 23.8 Å². The highest BCUT2D eigenvalue weighted by Crippen LogP contribution is 2.22. The number of anilines is 2. The fraction of sp³-hybridized carbons (Fsp3) is 0.450. The SMILES string of the molecule is CC(C)NC(=O)c1nc(C(=O)Nc2ccc(N(C)C)cc2)n2c1CCCC2. The fourth-order valence-electron chi connectivity index (χ4n) is 3.26. The quantitative estimate of drug-likeness (QED) is 0.849. The molecule has 1 aromatic heterocycles. The lowest BCUT2D eigenvalue weighted by Crippen LogP contribution is -2.31. The summed E-state index contributed by atoms with van der Waals surface area (Å²) in [5, 5.41) is 5.77. The number of rotatable bonds is 5. The topological polar surface area (TPSA) is 79.3 Å². The van der Waals surface area contributed by atoms with Crippen LogP contribution in [0.4, 0.5) is 11.4 Å². The fourth-order valence-corrected chi connectivity index (χ4v) is 3.26. The maximum absolute atomic E-state index is 12.8. The lowest BCUT2D eigenvalue weighted by molar-refractivity contribution is 0.0937. The van der Waals surface area contributed by atoms with E-state index < -0.39 is 0 Å². The summed E-state index contributed by atoms with van der Waals surface area (Å²) in [4.78, 5) is 31.7. The Morgan fingerprint density at radius 3 is 2.44 bits per heavy atom. The largest absolute Gasteiger partial charge is 0.378 e. The Bertz CT molecular complexity index is 837. The van der Waals surface area contributed by atoms with Gasteiger partial charge in [0.15, 0.2) is 5.82 Å². The van der Waals surface area contributed by atoms with E-state index in [0.717, 1.165) is 30.6 Å². The number of imidazole rings is 1. The first-order chi connectivity index (χ1) is 12.9. The average Bonchev–Trinajstić information content (AvgIpc) is 3.01. The summed E-state index contributed by atoms with van der Waals surface area (Å²) in [6, 6.07) is 7.63. The molecular formula is C20H27N5O2. The van der Waals surface area contributed by atoms with Crippen molar-refractivity contribution in [1.29, 1.82) is 0 Å². The molecule has 0 unspecified atom stereocenters. The van der Waals surface area contributed by atoms with E-state index in [9.17, 15) is 9.59 Å². The molecule has 144 valence electrons. The molecule has 1 aromatic carbocycles. The van der Waals surface area contributed by atoms with Crippen LogP contribution in [0.2, 0.25) is 0 Å². The summed E-state index contributed by atoms with van der Waals surface area (Å²) in [5.74, 6) is -0.209. The van der Waals surface area contributed by atoms with Gasteiger partial charge in [-0.2, -0.15) is 0 Å². The van der Waals surface area contributed by atoms with Crippen molar-refractivity contribution in [3.8, 4) is 0 Å². The number of aromatic nitrogens is 2. The third-order valence-corrected chi connectivity index (χ3v) is 4.60. The summed E-state index contributed by atoms with van der Waals surface area (Å²) in [6.07, 6.45) is 2.74. The van der Waals surface area contributed by atoms with E-state index in [1.54, 1.807) is 0 Å². The predicted molar refractivity (Wildman–Crippen MR) is 106 cm³/mol. The van der Waals surface area contributed by atoms with Crippen LogP contribution in [0, 0.1) is 0 Å². The maximum Gasteiger partial charge on any atom is 0.291 e. The molecule has 1 aliphatic heterocycles. The van der Waals surface area contributed by atoms with Gasteiger partial charge in [0.05, 0.1) is 5.69 Å². The van der Waals surface area contributed by atoms with Gasteiger partial charge < -0.3 is 20.1 Å². The first-order valence-corrected chi connectivity index (χ1v) is 9.36. The summed E-state index contributed by atoms with van der Waals surface area (Å²) >= 11 is 0. The molecule has 0 radical (unpaired) electrons. The number of amides is 2. The van der Waals surface area contributed by atoms with Gasteiger partial charge >= 0.3 is 0 Å². The first-order valence-electron chi connectivity index (χ1n) is 9.36. The molecule has 2 heterocycles. The van der Waals surface area contributed by atoms with Crippen LogP contribution in [0.3, 0.4) is 0 Å². The van der Waals surface area contributed by atoms with Crippen LogP contribution in [0.5, 0.6) is 0 Å². The zero-order valence-electron chi connectivity index (χ0n) is 16.4. The molecule has 1 aliphatic rings. The third-order valence-electron chi connectivity index (χ3n) is 4.60. The highest BCUT2D eigenvalue weighted by Gasteiger charge is 2.27. The molecule has 2 N–H and O–H groups in total. The van der Waals surface area contributed by atoms with Crippen molar-refractivity contribution < 1.29 is 9.59 Å². The minimum atomic E-state index is -0.292. The number of benzene rings is 1. The van der Waals surface area contributed by atoms with Crippen LogP contribution in [-0.4, -0.2) is 41.5 Å². The number of carbonyl (C=O) groups is 2. The Balaban J connectivity index is 1.85. The summed E-state index contributed by atoms with van der Waals surface area (Å²) in [5.41, 5.74) is 2.98. The van der Waals surface area contributed by atoms with Crippen molar-refractivity contribution in [2.24, 2.45) is 0 Å². The molecule has 0 aliphatic carbocycles. The first kappa shape index (κ1) is 18.9. The molecule has 2 amide bonds. The van der Waals surface area contributed by atoms with Crippen molar-refractivity contribution in [3.63, 3.8) is 0 Å². The number of hydrogen-bond donors (Lipinski definition) is 2. The van der Waals surface area contributed by atoms with Gasteiger partial charge in [0, 0.05) is 38.1 Å². The second kappa shape index (κ2) is 7.82. The Hall–Kier alpha value is -2.83. The number of nitrogens with zero attached hydrogens (tertiary/aromatic N) is 3. The van der Waals surface area contributed by atoms with Gasteiger partial charge in [-0.15, -0.1) is 0 Å². The number of nitrogens with one attached hydrogen (secondary N) is 2. The number of fused-ring (bicyclic) bond motifs is 1. The van der Waals surface area contributed by atoms with Gasteiger partial charge in [0.2, 0.25) is 0 Å². The van der Waals surface area contributed by atoms with E-state index in [1.165, 1.54) is 0 Å². The lowest BCUT2D eigenvalue weighted by Gasteiger charge is -2.17. The van der Waals surface area contributed by atoms with Crippen molar-refractivity contribution in [2.75, 3.05) is 24.3 Å². The van der Waals surface area contributed by atoms with Gasteiger partial charge in [0.25, 0.3) is 11.8 Å². The minimum Gasteiger partial charge on any atom is -0.378 e. The van der Waals surface area contributed by atoms with Crippen LogP contribution in [-0.2, 0) is 13.0 Å². The van der Waals surface area contributed by atoms with Gasteiger partial charge in [-0.1, -0.05) is 0 Å². The van der Waals surface area contributed by atoms with Gasteiger partial charge in [-0.25, -0.2) is 4.98 Å². The smallest absolute Gasteiger partial charge is 0.291 e. The van der Waals surface area contributed by atoms with E-state index in [2.05, 4.69) is 15.6 Å². The van der Waals surface area contributed by atoms with Crippen molar-refractivity contribution in [1.82, 2.24) is 14.9 Å². The Morgan fingerprint density at radius 2 is 1.81 bits per heavy atom. The third kappa shape index (κ3) is 4.13. The van der Waals surface area contributed by atoms with Crippen LogP contribution in [0.25, 0.3) is 0 Å². The zero-order chi connectivity index (χ0) is 19.6. The summed E-state index contributed by atoms with van der Waals surface area (Å²) in [7, 11) is 3.93. The molecule has 0 saturated carbocycles. The lowest BCUT2D eigenvalue weighted by atomic mass is 10.1. The van der Waals surface area contributed by atoms with E-state index >= 15 is 0 Å². The van der Waals surface area contributed by atoms with Crippen LogP contribution >= 0.6 is 0 Å². The molecule has 27 heavy (non-hydrogen) atoms. The molecule has 0 atom stereocenters. The average molecular weight is 369 g/mol. The molecular weight excluding hydrogens is 342 g/mol. The van der Waals surface area contributed by atoms with E-state index in [-0.39, 0.29) is 17.9 Å². The number of carbonyl (C=O) groups excluding carboxylic acids is 2. The standard InChI is InChI=1S/C20H27N5O2/c1-13(2)21-19(26)17-16-7-5-6-12-25(16)18(23-17)20(27)22-14-8-10-15(11-9-14)24(3)4/h8-11,13H,5-7,12H2,1-4H3,(H,21,26)(H,22,27). The predicted octanol–water partition coefficient (Wildman–Crippen LogP) is 2.68. The summed E-state index contributed by atoms with van der Waals surface area (Å²) < 4.78 is 1.89. The molecule has 0 bridgehead atoms. The normalized spacial score (nSPS) is 13.2. The van der Waals surface area contributed by atoms with Crippen LogP contribution in [0.15, 0.2) is 24.3 Å². The summed E-state index contributed by atoms with van der Waals surface area (Å²) in [6.45, 7) is 4.52.